The summed E-state index contributed by atoms with van der Waals surface area (Å²) in [5, 5.41) is 11.3. The molecule has 7 nitrogen and oxygen atoms in total. The molecule has 2 aromatic carbocycles. The molecule has 1 amide bonds. The van der Waals surface area contributed by atoms with E-state index in [-0.39, 0.29) is 29.3 Å². The highest BCUT2D eigenvalue weighted by Gasteiger charge is 2.24. The van der Waals surface area contributed by atoms with Gasteiger partial charge in [0.05, 0.1) is 11.1 Å². The summed E-state index contributed by atoms with van der Waals surface area (Å²) in [7, 11) is 0. The van der Waals surface area contributed by atoms with E-state index in [1.54, 1.807) is 0 Å². The van der Waals surface area contributed by atoms with Gasteiger partial charge < -0.3 is 14.5 Å². The van der Waals surface area contributed by atoms with E-state index in [4.69, 9.17) is 20.8 Å². The number of likely N-dealkylation sites (N-methyl/N-ethyl adjacent to an activating group) is 1. The van der Waals surface area contributed by atoms with Crippen LogP contribution in [0.4, 0.5) is 4.39 Å². The number of hydrogen-bond acceptors (Lipinski definition) is 7. The van der Waals surface area contributed by atoms with E-state index in [1.165, 1.54) is 12.1 Å². The minimum absolute atomic E-state index is 0.000501. The molecular weight excluding hydrogens is 479 g/mol. The number of benzene rings is 2. The topological polar surface area (TPSA) is 80.5 Å². The Balaban J connectivity index is 1.55. The molecule has 0 saturated carbocycles. The Hall–Kier alpha value is -2.62. The number of carbonyl (C=O) groups excluding carboxylic acids is 1. The lowest BCUT2D eigenvalue weighted by molar-refractivity contribution is -0.123. The lowest BCUT2D eigenvalue weighted by atomic mass is 10.1. The molecule has 0 bridgehead atoms. The molecule has 0 radical (unpaired) electrons. The van der Waals surface area contributed by atoms with Crippen molar-refractivity contribution < 1.29 is 18.3 Å². The van der Waals surface area contributed by atoms with Crippen molar-refractivity contribution >= 4 is 30.1 Å². The predicted molar refractivity (Wildman–Crippen MR) is 133 cm³/mol. The van der Waals surface area contributed by atoms with E-state index in [0.29, 0.717) is 37.0 Å². The molecule has 182 valence electrons. The number of thiol groups is 1. The molecule has 34 heavy (non-hydrogen) atoms. The summed E-state index contributed by atoms with van der Waals surface area (Å²) in [6.07, 6.45) is 0.714. The predicted octanol–water partition coefficient (Wildman–Crippen LogP) is 4.72. The Labute approximate surface area is 209 Å². The first-order valence-electron chi connectivity index (χ1n) is 11.0. The number of nitrogens with one attached hydrogen (secondary N) is 1. The maximum Gasteiger partial charge on any atom is 0.257 e. The average molecular weight is 507 g/mol. The lowest BCUT2D eigenvalue weighted by Gasteiger charge is -2.27. The van der Waals surface area contributed by atoms with Gasteiger partial charge in [0, 0.05) is 24.7 Å². The fourth-order valence-corrected chi connectivity index (χ4v) is 3.77. The van der Waals surface area contributed by atoms with Crippen molar-refractivity contribution in [2.75, 3.05) is 32.0 Å². The number of aromatic nitrogens is 2. The normalized spacial score (nSPS) is 12.1. The van der Waals surface area contributed by atoms with E-state index >= 15 is 0 Å². The molecule has 10 heteroatoms. The summed E-state index contributed by atoms with van der Waals surface area (Å²) in [5.74, 6) is 0.963. The molecule has 0 aliphatic carbocycles. The van der Waals surface area contributed by atoms with Crippen LogP contribution >= 0.6 is 24.2 Å². The summed E-state index contributed by atoms with van der Waals surface area (Å²) in [5.41, 5.74) is 2.02. The summed E-state index contributed by atoms with van der Waals surface area (Å²) < 4.78 is 24.8. The zero-order chi connectivity index (χ0) is 24.5. The largest absolute Gasteiger partial charge is 0.484 e. The maximum absolute atomic E-state index is 13.5. The third-order valence-electron chi connectivity index (χ3n) is 5.26. The van der Waals surface area contributed by atoms with Crippen LogP contribution in [0.2, 0.25) is 5.02 Å². The lowest BCUT2D eigenvalue weighted by Crippen LogP contribution is -2.39. The molecule has 1 heterocycles. The second-order valence-corrected chi connectivity index (χ2v) is 8.54. The van der Waals surface area contributed by atoms with Gasteiger partial charge in [-0.15, -0.1) is 10.2 Å². The van der Waals surface area contributed by atoms with Crippen molar-refractivity contribution in [2.45, 2.75) is 26.3 Å². The van der Waals surface area contributed by atoms with Crippen molar-refractivity contribution in [1.29, 1.82) is 0 Å². The maximum atomic E-state index is 13.5. The molecule has 1 aromatic heterocycles. The van der Waals surface area contributed by atoms with Crippen molar-refractivity contribution in [1.82, 2.24) is 20.4 Å². The zero-order valence-electron chi connectivity index (χ0n) is 19.1. The highest BCUT2D eigenvalue weighted by atomic mass is 35.5. The van der Waals surface area contributed by atoms with Gasteiger partial charge in [0.25, 0.3) is 5.91 Å². The van der Waals surface area contributed by atoms with Gasteiger partial charge in [0.15, 0.2) is 6.61 Å². The molecular formula is C24H28ClFN4O3S. The number of aryl methyl sites for hydroxylation is 1. The third-order valence-corrected chi connectivity index (χ3v) is 5.82. The number of ether oxygens (including phenoxy) is 1. The first-order valence-corrected chi connectivity index (χ1v) is 12.0. The molecule has 1 N–H and O–H groups in total. The van der Waals surface area contributed by atoms with E-state index in [0.717, 1.165) is 23.7 Å². The van der Waals surface area contributed by atoms with Gasteiger partial charge in [-0.2, -0.15) is 12.6 Å². The average Bonchev–Trinajstić information content (AvgIpc) is 3.32. The standard InChI is InChI=1S/C24H28ClFN4O3S/c1-3-30(12-11-27-22(31)15-32-18-8-9-19(25)20(26)14-18)21(10-13-34)24-29-28-23(33-24)17-6-4-16(2)5-7-17/h4-9,14,21,34H,3,10-13,15H2,1-2H3,(H,27,31)/t21-/m0/s1. The molecule has 0 aliphatic rings. The summed E-state index contributed by atoms with van der Waals surface area (Å²) in [6, 6.07) is 11.8. The van der Waals surface area contributed by atoms with Gasteiger partial charge in [-0.3, -0.25) is 9.69 Å². The number of nitrogens with zero attached hydrogens (tertiary/aromatic N) is 3. The Morgan fingerprint density at radius 1 is 1.26 bits per heavy atom. The van der Waals surface area contributed by atoms with Crippen molar-refractivity contribution in [3.8, 4) is 17.2 Å². The highest BCUT2D eigenvalue weighted by molar-refractivity contribution is 7.80. The number of halogens is 2. The Morgan fingerprint density at radius 2 is 2.03 bits per heavy atom. The summed E-state index contributed by atoms with van der Waals surface area (Å²) >= 11 is 10.0. The van der Waals surface area contributed by atoms with E-state index in [2.05, 4.69) is 33.0 Å². The fourth-order valence-electron chi connectivity index (χ4n) is 3.41. The third kappa shape index (κ3) is 7.19. The molecule has 1 atom stereocenters. The molecule has 3 aromatic rings. The highest BCUT2D eigenvalue weighted by Crippen LogP contribution is 2.27. The van der Waals surface area contributed by atoms with Crippen LogP contribution in [-0.2, 0) is 4.79 Å². The fraction of sp³-hybridized carbons (Fsp3) is 0.375. The minimum atomic E-state index is -0.597. The number of rotatable bonds is 12. The molecule has 3 rings (SSSR count). The van der Waals surface area contributed by atoms with Crippen molar-refractivity contribution in [3.63, 3.8) is 0 Å². The SMILES string of the molecule is CCN(CCNC(=O)COc1ccc(Cl)c(F)c1)[C@@H](CCS)c1nnc(-c2ccc(C)cc2)o1. The van der Waals surface area contributed by atoms with Crippen LogP contribution in [0.1, 0.15) is 30.8 Å². The Morgan fingerprint density at radius 3 is 2.71 bits per heavy atom. The van der Waals surface area contributed by atoms with Crippen LogP contribution in [0.5, 0.6) is 5.75 Å². The van der Waals surface area contributed by atoms with E-state index < -0.39 is 5.82 Å². The molecule has 0 spiro atoms. The van der Waals surface area contributed by atoms with Crippen LogP contribution in [0.3, 0.4) is 0 Å². The van der Waals surface area contributed by atoms with Gasteiger partial charge in [-0.1, -0.05) is 36.2 Å². The van der Waals surface area contributed by atoms with E-state index in [9.17, 15) is 9.18 Å². The smallest absolute Gasteiger partial charge is 0.257 e. The minimum Gasteiger partial charge on any atom is -0.484 e. The van der Waals surface area contributed by atoms with Crippen LogP contribution < -0.4 is 10.1 Å². The van der Waals surface area contributed by atoms with Gasteiger partial charge in [0.2, 0.25) is 11.8 Å². The second-order valence-electron chi connectivity index (χ2n) is 7.68. The monoisotopic (exact) mass is 506 g/mol. The van der Waals surface area contributed by atoms with Gasteiger partial charge >= 0.3 is 0 Å². The molecule has 0 fully saturated rings. The zero-order valence-corrected chi connectivity index (χ0v) is 20.8. The van der Waals surface area contributed by atoms with Gasteiger partial charge in [0.1, 0.15) is 11.6 Å². The van der Waals surface area contributed by atoms with Gasteiger partial charge in [-0.05, 0) is 49.9 Å². The van der Waals surface area contributed by atoms with Gasteiger partial charge in [-0.25, -0.2) is 4.39 Å². The Kier molecular flexibility index (Phi) is 9.74. The second kappa shape index (κ2) is 12.7. The van der Waals surface area contributed by atoms with Crippen LogP contribution in [0.25, 0.3) is 11.5 Å². The molecule has 0 saturated heterocycles. The Bertz CT molecular complexity index is 1080. The van der Waals surface area contributed by atoms with E-state index in [1.807, 2.05) is 38.1 Å². The van der Waals surface area contributed by atoms with Crippen LogP contribution in [0.15, 0.2) is 46.9 Å². The molecule has 0 aliphatic heterocycles. The first kappa shape index (κ1) is 26.0. The number of carbonyl (C=O) groups is 1. The van der Waals surface area contributed by atoms with Crippen molar-refractivity contribution in [3.05, 3.63) is 64.8 Å². The summed E-state index contributed by atoms with van der Waals surface area (Å²) in [6.45, 7) is 5.51. The quantitative estimate of drug-likeness (QED) is 0.346. The number of hydrogen-bond donors (Lipinski definition) is 2. The van der Waals surface area contributed by atoms with Crippen LogP contribution in [-0.4, -0.2) is 53.0 Å². The van der Waals surface area contributed by atoms with Crippen LogP contribution in [0, 0.1) is 12.7 Å². The summed E-state index contributed by atoms with van der Waals surface area (Å²) in [4.78, 5) is 14.3. The van der Waals surface area contributed by atoms with Crippen molar-refractivity contribution in [2.24, 2.45) is 0 Å². The number of amides is 1. The first-order chi connectivity index (χ1) is 16.4. The molecule has 0 unspecified atom stereocenters.